The summed E-state index contributed by atoms with van der Waals surface area (Å²) >= 11 is 1.99. The molecule has 74 valence electrons. The van der Waals surface area contributed by atoms with E-state index in [4.69, 9.17) is 9.47 Å². The van der Waals surface area contributed by atoms with Crippen molar-refractivity contribution in [3.8, 4) is 0 Å². The Morgan fingerprint density at radius 1 is 1.23 bits per heavy atom. The van der Waals surface area contributed by atoms with E-state index in [9.17, 15) is 0 Å². The largest absolute Gasteiger partial charge is 0.377 e. The van der Waals surface area contributed by atoms with Crippen LogP contribution in [0.5, 0.6) is 0 Å². The third kappa shape index (κ3) is 1.31. The normalized spacial score (nSPS) is 42.5. The molecule has 0 bridgehead atoms. The van der Waals surface area contributed by atoms with Gasteiger partial charge in [-0.2, -0.15) is 11.8 Å². The lowest BCUT2D eigenvalue weighted by atomic mass is 9.89. The van der Waals surface area contributed by atoms with E-state index in [0.29, 0.717) is 0 Å². The van der Waals surface area contributed by atoms with Crippen molar-refractivity contribution in [2.45, 2.75) is 24.1 Å². The van der Waals surface area contributed by atoms with Crippen molar-refractivity contribution in [2.24, 2.45) is 0 Å². The van der Waals surface area contributed by atoms with Crippen LogP contribution in [0.1, 0.15) is 12.8 Å². The molecular weight excluding hydrogens is 186 g/mol. The molecule has 0 aromatic rings. The van der Waals surface area contributed by atoms with Gasteiger partial charge in [0.25, 0.3) is 0 Å². The fraction of sp³-hybridized carbons (Fsp3) is 1.00. The zero-order valence-electron chi connectivity index (χ0n) is 7.67. The van der Waals surface area contributed by atoms with E-state index < -0.39 is 0 Å². The van der Waals surface area contributed by atoms with Crippen LogP contribution in [-0.4, -0.2) is 42.6 Å². The van der Waals surface area contributed by atoms with Crippen LogP contribution >= 0.6 is 11.8 Å². The Labute approximate surface area is 82.5 Å². The van der Waals surface area contributed by atoms with Crippen molar-refractivity contribution in [1.82, 2.24) is 5.32 Å². The molecule has 0 aromatic carbocycles. The molecule has 3 aliphatic rings. The molecular formula is C9H15NO2S. The predicted octanol–water partition coefficient (Wildman–Crippen LogP) is 0.599. The lowest BCUT2D eigenvalue weighted by Crippen LogP contribution is -2.71. The highest BCUT2D eigenvalue weighted by Gasteiger charge is 2.50. The number of nitrogens with one attached hydrogen (secondary N) is 1. The number of rotatable bonds is 0. The molecule has 4 heteroatoms. The SMILES string of the molecule is C1CC2(COC2)NC2(CCSC2)O1. The number of ether oxygens (including phenoxy) is 2. The van der Waals surface area contributed by atoms with Crippen molar-refractivity contribution >= 4 is 11.8 Å². The molecule has 3 fully saturated rings. The van der Waals surface area contributed by atoms with Crippen LogP contribution in [0.2, 0.25) is 0 Å². The highest BCUT2D eigenvalue weighted by molar-refractivity contribution is 7.99. The van der Waals surface area contributed by atoms with E-state index in [1.807, 2.05) is 11.8 Å². The van der Waals surface area contributed by atoms with Crippen LogP contribution in [0.3, 0.4) is 0 Å². The molecule has 3 rings (SSSR count). The topological polar surface area (TPSA) is 30.5 Å². The van der Waals surface area contributed by atoms with Gasteiger partial charge in [-0.1, -0.05) is 0 Å². The van der Waals surface area contributed by atoms with Gasteiger partial charge in [0.2, 0.25) is 0 Å². The Morgan fingerprint density at radius 2 is 2.15 bits per heavy atom. The summed E-state index contributed by atoms with van der Waals surface area (Å²) in [5, 5.41) is 3.67. The molecule has 1 N–H and O–H groups in total. The molecule has 3 aliphatic heterocycles. The molecule has 13 heavy (non-hydrogen) atoms. The van der Waals surface area contributed by atoms with Gasteiger partial charge in [-0.15, -0.1) is 0 Å². The van der Waals surface area contributed by atoms with Crippen molar-refractivity contribution in [3.63, 3.8) is 0 Å². The molecule has 0 amide bonds. The van der Waals surface area contributed by atoms with E-state index in [-0.39, 0.29) is 11.3 Å². The first-order chi connectivity index (χ1) is 6.33. The first kappa shape index (κ1) is 8.53. The number of hydrogen-bond donors (Lipinski definition) is 1. The molecule has 3 heterocycles. The summed E-state index contributed by atoms with van der Waals surface area (Å²) in [6.45, 7) is 2.66. The van der Waals surface area contributed by atoms with Crippen LogP contribution in [0.15, 0.2) is 0 Å². The Kier molecular flexibility index (Phi) is 1.88. The smallest absolute Gasteiger partial charge is 0.129 e. The maximum atomic E-state index is 5.87. The molecule has 3 saturated heterocycles. The first-order valence-corrected chi connectivity index (χ1v) is 6.07. The average Bonchev–Trinajstić information content (AvgIpc) is 2.51. The standard InChI is InChI=1S/C9H15NO2S/c1-3-12-9(2-4-13-7-9)10-8(1)5-11-6-8/h10H,1-7H2. The third-order valence-corrected chi connectivity index (χ3v) is 4.36. The summed E-state index contributed by atoms with van der Waals surface area (Å²) in [5.41, 5.74) is 0.260. The maximum Gasteiger partial charge on any atom is 0.129 e. The van der Waals surface area contributed by atoms with E-state index in [1.54, 1.807) is 0 Å². The minimum atomic E-state index is -0.00725. The summed E-state index contributed by atoms with van der Waals surface area (Å²) < 4.78 is 11.2. The predicted molar refractivity (Wildman–Crippen MR) is 51.9 cm³/mol. The van der Waals surface area contributed by atoms with Crippen LogP contribution in [-0.2, 0) is 9.47 Å². The fourth-order valence-electron chi connectivity index (χ4n) is 2.35. The molecule has 1 atom stereocenters. The van der Waals surface area contributed by atoms with Gasteiger partial charge in [-0.25, -0.2) is 0 Å². The van der Waals surface area contributed by atoms with Crippen LogP contribution in [0.4, 0.5) is 0 Å². The number of hydrogen-bond acceptors (Lipinski definition) is 4. The molecule has 1 unspecified atom stereocenters. The minimum absolute atomic E-state index is 0.00725. The zero-order chi connectivity index (χ0) is 8.78. The Balaban J connectivity index is 1.76. The second-order valence-corrected chi connectivity index (χ2v) is 5.40. The fourth-order valence-corrected chi connectivity index (χ4v) is 3.60. The maximum absolute atomic E-state index is 5.87. The van der Waals surface area contributed by atoms with E-state index in [0.717, 1.165) is 38.4 Å². The highest BCUT2D eigenvalue weighted by atomic mass is 32.2. The first-order valence-electron chi connectivity index (χ1n) is 4.92. The van der Waals surface area contributed by atoms with Crippen LogP contribution in [0, 0.1) is 0 Å². The lowest BCUT2D eigenvalue weighted by Gasteiger charge is -2.51. The summed E-state index contributed by atoms with van der Waals surface area (Å²) in [6, 6.07) is 0. The molecule has 0 aliphatic carbocycles. The monoisotopic (exact) mass is 201 g/mol. The highest BCUT2D eigenvalue weighted by Crippen LogP contribution is 2.37. The summed E-state index contributed by atoms with van der Waals surface area (Å²) in [6.07, 6.45) is 2.26. The molecule has 2 spiro atoms. The van der Waals surface area contributed by atoms with Crippen molar-refractivity contribution in [1.29, 1.82) is 0 Å². The Morgan fingerprint density at radius 3 is 2.77 bits per heavy atom. The summed E-state index contributed by atoms with van der Waals surface area (Å²) in [5.74, 6) is 2.33. The van der Waals surface area contributed by atoms with Crippen molar-refractivity contribution in [2.75, 3.05) is 31.3 Å². The average molecular weight is 201 g/mol. The van der Waals surface area contributed by atoms with Gasteiger partial charge < -0.3 is 9.47 Å². The second kappa shape index (κ2) is 2.86. The molecule has 0 saturated carbocycles. The molecule has 0 radical (unpaired) electrons. The van der Waals surface area contributed by atoms with Crippen LogP contribution < -0.4 is 5.32 Å². The quantitative estimate of drug-likeness (QED) is 0.621. The molecule has 3 nitrogen and oxygen atoms in total. The lowest BCUT2D eigenvalue weighted by molar-refractivity contribution is -0.186. The van der Waals surface area contributed by atoms with E-state index in [2.05, 4.69) is 5.32 Å². The van der Waals surface area contributed by atoms with Crippen LogP contribution in [0.25, 0.3) is 0 Å². The summed E-state index contributed by atoms with van der Waals surface area (Å²) in [7, 11) is 0. The Hall–Kier alpha value is 0.230. The molecule has 0 aromatic heterocycles. The van der Waals surface area contributed by atoms with Crippen molar-refractivity contribution in [3.05, 3.63) is 0 Å². The number of thioether (sulfide) groups is 1. The van der Waals surface area contributed by atoms with Crippen molar-refractivity contribution < 1.29 is 9.47 Å². The zero-order valence-corrected chi connectivity index (χ0v) is 8.49. The Bertz CT molecular complexity index is 212. The van der Waals surface area contributed by atoms with Gasteiger partial charge in [0.1, 0.15) is 5.72 Å². The van der Waals surface area contributed by atoms with Gasteiger partial charge >= 0.3 is 0 Å². The van der Waals surface area contributed by atoms with E-state index in [1.165, 1.54) is 5.75 Å². The third-order valence-electron chi connectivity index (χ3n) is 3.19. The van der Waals surface area contributed by atoms with Gasteiger partial charge in [0, 0.05) is 5.75 Å². The van der Waals surface area contributed by atoms with Gasteiger partial charge in [-0.3, -0.25) is 5.32 Å². The van der Waals surface area contributed by atoms with Gasteiger partial charge in [-0.05, 0) is 18.6 Å². The minimum Gasteiger partial charge on any atom is -0.377 e. The summed E-state index contributed by atoms with van der Waals surface area (Å²) in [4.78, 5) is 0. The second-order valence-electron chi connectivity index (χ2n) is 4.29. The van der Waals surface area contributed by atoms with Gasteiger partial charge in [0.05, 0.1) is 25.4 Å². The van der Waals surface area contributed by atoms with Gasteiger partial charge in [0.15, 0.2) is 0 Å². The van der Waals surface area contributed by atoms with E-state index >= 15 is 0 Å².